The van der Waals surface area contributed by atoms with E-state index in [0.29, 0.717) is 12.1 Å². The zero-order valence-corrected chi connectivity index (χ0v) is 17.5. The summed E-state index contributed by atoms with van der Waals surface area (Å²) in [6, 6.07) is 7.08. The molecule has 0 bridgehead atoms. The van der Waals surface area contributed by atoms with Crippen LogP contribution in [0.25, 0.3) is 5.57 Å². The monoisotopic (exact) mass is 356 g/mol. The number of amides is 1. The molecule has 1 saturated carbocycles. The van der Waals surface area contributed by atoms with Crippen molar-refractivity contribution >= 4 is 11.5 Å². The zero-order valence-electron chi connectivity index (χ0n) is 17.5. The predicted molar refractivity (Wildman–Crippen MR) is 112 cm³/mol. The summed E-state index contributed by atoms with van der Waals surface area (Å²) in [5.74, 6) is 0.0699. The fraction of sp³-hybridized carbons (Fsp3) is 0.609. The van der Waals surface area contributed by atoms with E-state index in [1.165, 1.54) is 22.3 Å². The molecule has 0 radical (unpaired) electrons. The molecule has 0 atom stereocenters. The lowest BCUT2D eigenvalue weighted by molar-refractivity contribution is 0.0916. The van der Waals surface area contributed by atoms with Gasteiger partial charge < -0.3 is 10.2 Å². The topological polar surface area (TPSA) is 32.3 Å². The van der Waals surface area contributed by atoms with Crippen LogP contribution >= 0.6 is 0 Å². The van der Waals surface area contributed by atoms with Crippen molar-refractivity contribution in [3.63, 3.8) is 0 Å². The van der Waals surface area contributed by atoms with Crippen LogP contribution in [-0.2, 0) is 0 Å². The van der Waals surface area contributed by atoms with Gasteiger partial charge in [-0.1, -0.05) is 25.0 Å². The van der Waals surface area contributed by atoms with Crippen LogP contribution in [0.3, 0.4) is 0 Å². The number of aryl methyl sites for hydroxylation is 1. The van der Waals surface area contributed by atoms with E-state index in [0.717, 1.165) is 44.1 Å². The maximum absolute atomic E-state index is 12.8. The van der Waals surface area contributed by atoms with Gasteiger partial charge >= 0.3 is 0 Å². The van der Waals surface area contributed by atoms with Gasteiger partial charge in [0.1, 0.15) is 0 Å². The van der Waals surface area contributed by atoms with E-state index in [4.69, 9.17) is 0 Å². The Morgan fingerprint density at radius 1 is 1.15 bits per heavy atom. The van der Waals surface area contributed by atoms with Gasteiger partial charge in [-0.3, -0.25) is 4.79 Å². The Morgan fingerprint density at radius 3 is 2.38 bits per heavy atom. The molecule has 0 unspecified atom stereocenters. The van der Waals surface area contributed by atoms with Crippen molar-refractivity contribution in [3.8, 4) is 0 Å². The van der Waals surface area contributed by atoms with E-state index in [-0.39, 0.29) is 5.91 Å². The van der Waals surface area contributed by atoms with Gasteiger partial charge in [-0.05, 0) is 95.8 Å². The predicted octanol–water partition coefficient (Wildman–Crippen LogP) is 5.19. The fourth-order valence-corrected chi connectivity index (χ4v) is 3.96. The molecule has 0 heterocycles. The van der Waals surface area contributed by atoms with Gasteiger partial charge in [-0.15, -0.1) is 0 Å². The third-order valence-corrected chi connectivity index (χ3v) is 5.93. The van der Waals surface area contributed by atoms with Gasteiger partial charge in [0.2, 0.25) is 0 Å². The van der Waals surface area contributed by atoms with Gasteiger partial charge in [-0.25, -0.2) is 0 Å². The number of nitrogens with zero attached hydrogens (tertiary/aromatic N) is 1. The van der Waals surface area contributed by atoms with E-state index in [1.54, 1.807) is 0 Å². The zero-order chi connectivity index (χ0) is 19.3. The molecule has 144 valence electrons. The largest absolute Gasteiger partial charge is 0.349 e. The molecule has 1 aliphatic rings. The minimum atomic E-state index is 0.0699. The molecule has 26 heavy (non-hydrogen) atoms. The number of rotatable bonds is 6. The standard InChI is InChI=1S/C23H36N2O/c1-7-8-16(2)18(4)22-15-19(10-9-17(22)3)23(26)24-20-11-13-21(14-12-20)25(5)6/h9-10,15,20-21H,7-8,11-14H2,1-6H3,(H,24,26)/b18-16-. The van der Waals surface area contributed by atoms with Crippen molar-refractivity contribution in [1.82, 2.24) is 10.2 Å². The number of hydrogen-bond donors (Lipinski definition) is 1. The molecule has 1 aromatic carbocycles. The van der Waals surface area contributed by atoms with E-state index in [2.05, 4.69) is 64.1 Å². The second kappa shape index (κ2) is 9.36. The lowest BCUT2D eigenvalue weighted by Gasteiger charge is -2.33. The van der Waals surface area contributed by atoms with Crippen LogP contribution in [-0.4, -0.2) is 37.0 Å². The van der Waals surface area contributed by atoms with E-state index < -0.39 is 0 Å². The van der Waals surface area contributed by atoms with Crippen molar-refractivity contribution in [2.75, 3.05) is 14.1 Å². The molecule has 0 aromatic heterocycles. The van der Waals surface area contributed by atoms with Gasteiger partial charge in [-0.2, -0.15) is 0 Å². The Labute approximate surface area is 159 Å². The van der Waals surface area contributed by atoms with Crippen LogP contribution in [0.4, 0.5) is 0 Å². The Morgan fingerprint density at radius 2 is 1.81 bits per heavy atom. The normalized spacial score (nSPS) is 21.5. The Bertz CT molecular complexity index is 652. The van der Waals surface area contributed by atoms with E-state index in [1.807, 2.05) is 6.07 Å². The smallest absolute Gasteiger partial charge is 0.251 e. The molecular formula is C23H36N2O. The molecule has 1 aliphatic carbocycles. The molecule has 1 aromatic rings. The van der Waals surface area contributed by atoms with Crippen LogP contribution < -0.4 is 5.32 Å². The minimum Gasteiger partial charge on any atom is -0.349 e. The van der Waals surface area contributed by atoms with Crippen molar-refractivity contribution < 1.29 is 4.79 Å². The van der Waals surface area contributed by atoms with Crippen LogP contribution in [0, 0.1) is 6.92 Å². The average molecular weight is 357 g/mol. The van der Waals surface area contributed by atoms with Crippen molar-refractivity contribution in [2.45, 2.75) is 78.3 Å². The summed E-state index contributed by atoms with van der Waals surface area (Å²) in [6.07, 6.45) is 6.73. The molecular weight excluding hydrogens is 320 g/mol. The summed E-state index contributed by atoms with van der Waals surface area (Å²) in [6.45, 7) is 8.71. The Kier molecular flexibility index (Phi) is 7.45. The maximum atomic E-state index is 12.8. The van der Waals surface area contributed by atoms with Crippen molar-refractivity contribution in [2.24, 2.45) is 0 Å². The highest BCUT2D eigenvalue weighted by Gasteiger charge is 2.24. The van der Waals surface area contributed by atoms with Crippen LogP contribution in [0.2, 0.25) is 0 Å². The first-order chi connectivity index (χ1) is 12.3. The first-order valence-electron chi connectivity index (χ1n) is 10.1. The van der Waals surface area contributed by atoms with Gasteiger partial charge in [0.25, 0.3) is 5.91 Å². The first-order valence-corrected chi connectivity index (χ1v) is 10.1. The van der Waals surface area contributed by atoms with Gasteiger partial charge in [0.15, 0.2) is 0 Å². The Balaban J connectivity index is 2.08. The number of allylic oxidation sites excluding steroid dienone is 2. The van der Waals surface area contributed by atoms with Crippen LogP contribution in [0.15, 0.2) is 23.8 Å². The number of nitrogens with one attached hydrogen (secondary N) is 1. The molecule has 1 amide bonds. The highest BCUT2D eigenvalue weighted by Crippen LogP contribution is 2.26. The number of carbonyl (C=O) groups excluding carboxylic acids is 1. The quantitative estimate of drug-likeness (QED) is 0.760. The number of hydrogen-bond acceptors (Lipinski definition) is 2. The van der Waals surface area contributed by atoms with Crippen molar-refractivity contribution in [3.05, 3.63) is 40.5 Å². The molecule has 0 saturated heterocycles. The lowest BCUT2D eigenvalue weighted by Crippen LogP contribution is -2.41. The SMILES string of the molecule is CCC/C(C)=C(/C)c1cc(C(=O)NC2CCC(N(C)C)CC2)ccc1C. The lowest BCUT2D eigenvalue weighted by atomic mass is 9.90. The summed E-state index contributed by atoms with van der Waals surface area (Å²) in [5, 5.41) is 3.26. The molecule has 1 N–H and O–H groups in total. The highest BCUT2D eigenvalue weighted by molar-refractivity contribution is 5.95. The van der Waals surface area contributed by atoms with Gasteiger partial charge in [0.05, 0.1) is 0 Å². The summed E-state index contributed by atoms with van der Waals surface area (Å²) >= 11 is 0. The van der Waals surface area contributed by atoms with Crippen LogP contribution in [0.5, 0.6) is 0 Å². The first kappa shape index (κ1) is 20.7. The third-order valence-electron chi connectivity index (χ3n) is 5.93. The van der Waals surface area contributed by atoms with E-state index >= 15 is 0 Å². The Hall–Kier alpha value is -1.61. The third kappa shape index (κ3) is 5.20. The molecule has 3 nitrogen and oxygen atoms in total. The average Bonchev–Trinajstić information content (AvgIpc) is 2.62. The minimum absolute atomic E-state index is 0.0699. The maximum Gasteiger partial charge on any atom is 0.251 e. The summed E-state index contributed by atoms with van der Waals surface area (Å²) < 4.78 is 0. The van der Waals surface area contributed by atoms with Gasteiger partial charge in [0, 0.05) is 17.6 Å². The number of benzene rings is 1. The molecule has 2 rings (SSSR count). The summed E-state index contributed by atoms with van der Waals surface area (Å²) in [4.78, 5) is 15.1. The summed E-state index contributed by atoms with van der Waals surface area (Å²) in [5.41, 5.74) is 5.95. The highest BCUT2D eigenvalue weighted by atomic mass is 16.1. The van der Waals surface area contributed by atoms with Crippen molar-refractivity contribution in [1.29, 1.82) is 0 Å². The number of carbonyl (C=O) groups is 1. The summed E-state index contributed by atoms with van der Waals surface area (Å²) in [7, 11) is 4.29. The molecule has 1 fully saturated rings. The van der Waals surface area contributed by atoms with Crippen LogP contribution in [0.1, 0.15) is 80.8 Å². The fourth-order valence-electron chi connectivity index (χ4n) is 3.96. The molecule has 0 spiro atoms. The second-order valence-electron chi connectivity index (χ2n) is 8.13. The second-order valence-corrected chi connectivity index (χ2v) is 8.13. The molecule has 0 aliphatic heterocycles. The molecule has 3 heteroatoms. The van der Waals surface area contributed by atoms with E-state index in [9.17, 15) is 4.79 Å².